The average molecular weight is 642 g/mol. The van der Waals surface area contributed by atoms with E-state index >= 15 is 0 Å². The van der Waals surface area contributed by atoms with Gasteiger partial charge in [-0.2, -0.15) is 0 Å². The third-order valence-corrected chi connectivity index (χ3v) is 6.15. The lowest BCUT2D eigenvalue weighted by Crippen LogP contribution is -2.11. The van der Waals surface area contributed by atoms with E-state index in [9.17, 15) is 24.6 Å². The number of hydrogen-bond donors (Lipinski definition) is 2. The molecule has 0 unspecified atom stereocenters. The van der Waals surface area contributed by atoms with Gasteiger partial charge in [0.1, 0.15) is 37.9 Å². The van der Waals surface area contributed by atoms with Crippen LogP contribution in [-0.2, 0) is 0 Å². The maximum absolute atomic E-state index is 11.0. The zero-order valence-electron chi connectivity index (χ0n) is 27.2. The predicted octanol–water partition coefficient (Wildman–Crippen LogP) is 7.33. The van der Waals surface area contributed by atoms with E-state index in [1.165, 1.54) is 18.2 Å². The van der Waals surface area contributed by atoms with E-state index in [4.69, 9.17) is 31.8 Å². The van der Waals surface area contributed by atoms with E-state index < -0.39 is 17.0 Å². The summed E-state index contributed by atoms with van der Waals surface area (Å²) < 4.78 is 37.5. The van der Waals surface area contributed by atoms with Gasteiger partial charge in [-0.1, -0.05) is 24.3 Å². The van der Waals surface area contributed by atoms with Crippen LogP contribution in [0.3, 0.4) is 0 Å². The highest BCUT2D eigenvalue weighted by Crippen LogP contribution is 2.29. The average Bonchev–Trinajstić information content (AvgIpc) is 3.01. The van der Waals surface area contributed by atoms with Gasteiger partial charge in [-0.25, -0.2) is 0 Å². The fourth-order valence-electron chi connectivity index (χ4n) is 3.95. The molecule has 4 N–H and O–H groups in total. The molecule has 0 atom stereocenters. The molecule has 12 nitrogen and oxygen atoms in total. The zero-order chi connectivity index (χ0) is 34.9. The summed E-state index contributed by atoms with van der Waals surface area (Å²) in [5, 5.41) is 22.0. The van der Waals surface area contributed by atoms with Crippen LogP contribution in [-0.4, -0.2) is 43.4 Å². The van der Waals surface area contributed by atoms with Gasteiger partial charge in [-0.3, -0.25) is 24.6 Å². The molecule has 0 saturated carbocycles. The minimum absolute atomic E-state index is 0. The Morgan fingerprint density at radius 2 is 1.02 bits per heavy atom. The summed E-state index contributed by atoms with van der Waals surface area (Å²) in [4.78, 5) is 20.9. The molecule has 0 aliphatic carbocycles. The highest BCUT2D eigenvalue weighted by Gasteiger charge is 2.17. The standard InChI is InChI=1S/C16H16N2O6.C16H20N2O2.CH3F.H2/c1-11-4-6-15(14(9-11)18(21)22)23-7-8-24-16-10-12(2)3-5-13(16)17(19)20;1-11-4-6-15(14(18)9-11)19-7-8-20-16-10-12(2)3-5-13(16)17;1-2;/h3-6,9-10H,7-8H2,1-2H3;3-6,9-10H,7-8,17-18H2,1-2H3;1H3;1H/i;;1D;. The van der Waals surface area contributed by atoms with Crippen molar-refractivity contribution in [1.82, 2.24) is 0 Å². The zero-order valence-corrected chi connectivity index (χ0v) is 26.2. The van der Waals surface area contributed by atoms with Crippen LogP contribution in [0.2, 0.25) is 0 Å². The molecule has 0 bridgehead atoms. The molecule has 4 rings (SSSR count). The Bertz CT molecular complexity index is 1650. The van der Waals surface area contributed by atoms with Crippen molar-refractivity contribution in [2.45, 2.75) is 27.7 Å². The van der Waals surface area contributed by atoms with Crippen LogP contribution in [0.25, 0.3) is 0 Å². The van der Waals surface area contributed by atoms with Gasteiger partial charge in [0, 0.05) is 13.6 Å². The summed E-state index contributed by atoms with van der Waals surface area (Å²) >= 11 is 0. The fraction of sp³-hybridized carbons (Fsp3) is 0.273. The van der Waals surface area contributed by atoms with Gasteiger partial charge >= 0.3 is 11.4 Å². The molecule has 0 radical (unpaired) electrons. The van der Waals surface area contributed by atoms with Crippen LogP contribution >= 0.6 is 0 Å². The van der Waals surface area contributed by atoms with Crippen molar-refractivity contribution in [2.75, 3.05) is 45.0 Å². The van der Waals surface area contributed by atoms with E-state index in [1.54, 1.807) is 32.0 Å². The largest absolute Gasteiger partial charge is 0.488 e. The number of nitro groups is 2. The van der Waals surface area contributed by atoms with E-state index in [2.05, 4.69) is 0 Å². The molecule has 4 aromatic rings. The summed E-state index contributed by atoms with van der Waals surface area (Å²) in [6.45, 7) is 8.41. The number of ether oxygens (including phenoxy) is 4. The van der Waals surface area contributed by atoms with Crippen LogP contribution in [0.1, 0.15) is 25.1 Å². The second-order valence-corrected chi connectivity index (χ2v) is 9.93. The Labute approximate surface area is 269 Å². The van der Waals surface area contributed by atoms with Crippen molar-refractivity contribution in [3.63, 3.8) is 0 Å². The summed E-state index contributed by atoms with van der Waals surface area (Å²) in [7, 11) is -1.00. The Morgan fingerprint density at radius 3 is 1.59 bits per heavy atom. The highest BCUT2D eigenvalue weighted by molar-refractivity contribution is 5.55. The first-order valence-corrected chi connectivity index (χ1v) is 13.9. The lowest BCUT2D eigenvalue weighted by atomic mass is 10.2. The minimum atomic E-state index is -1.00. The number of alkyl halides is 1. The van der Waals surface area contributed by atoms with Gasteiger partial charge in [0.15, 0.2) is 11.5 Å². The predicted molar refractivity (Wildman–Crippen MR) is 178 cm³/mol. The number of rotatable bonds is 12. The van der Waals surface area contributed by atoms with E-state index in [0.29, 0.717) is 36.1 Å². The second kappa shape index (κ2) is 18.3. The van der Waals surface area contributed by atoms with Crippen molar-refractivity contribution in [3.8, 4) is 23.0 Å². The van der Waals surface area contributed by atoms with Crippen LogP contribution in [0.5, 0.6) is 23.0 Å². The van der Waals surface area contributed by atoms with Crippen LogP contribution in [0.15, 0.2) is 72.8 Å². The van der Waals surface area contributed by atoms with Gasteiger partial charge in [0.05, 0.1) is 29.7 Å². The number of nitrogens with zero attached hydrogens (tertiary/aromatic N) is 2. The molecular weight excluding hydrogens is 599 g/mol. The molecule has 46 heavy (non-hydrogen) atoms. The fourth-order valence-corrected chi connectivity index (χ4v) is 3.95. The number of benzene rings is 4. The van der Waals surface area contributed by atoms with Gasteiger partial charge in [0.25, 0.3) is 0 Å². The quantitative estimate of drug-likeness (QED) is 0.0689. The molecule has 0 spiro atoms. The minimum Gasteiger partial charge on any atom is -0.488 e. The molecule has 0 heterocycles. The second-order valence-electron chi connectivity index (χ2n) is 9.93. The summed E-state index contributed by atoms with van der Waals surface area (Å²) in [5.41, 5.74) is 16.5. The van der Waals surface area contributed by atoms with E-state index in [0.717, 1.165) is 22.3 Å². The maximum Gasteiger partial charge on any atom is 0.311 e. The molecule has 0 fully saturated rings. The third-order valence-electron chi connectivity index (χ3n) is 6.15. The van der Waals surface area contributed by atoms with E-state index in [1.807, 2.05) is 50.2 Å². The SMILES string of the molecule is Cc1ccc(OCCOc2cc(C)ccc2N)c(N)c1.Cc1ccc([N+](=O)[O-])c(OCCOc2ccc(C)cc2[N+](=O)[O-])c1.[2H]CF.[HH]. The lowest BCUT2D eigenvalue weighted by molar-refractivity contribution is -0.386. The Hall–Kier alpha value is -5.59. The van der Waals surface area contributed by atoms with Crippen molar-refractivity contribution in [2.24, 2.45) is 0 Å². The number of anilines is 2. The molecule has 0 aromatic heterocycles. The first kappa shape index (κ1) is 34.9. The van der Waals surface area contributed by atoms with Gasteiger partial charge in [-0.05, 0) is 86.3 Å². The number of hydrogen-bond acceptors (Lipinski definition) is 10. The maximum atomic E-state index is 11.0. The van der Waals surface area contributed by atoms with Crippen molar-refractivity contribution >= 4 is 22.7 Å². The molecule has 248 valence electrons. The van der Waals surface area contributed by atoms with Gasteiger partial charge in [-0.15, -0.1) is 0 Å². The first-order chi connectivity index (χ1) is 22.4. The summed E-state index contributed by atoms with van der Waals surface area (Å²) in [6, 6.07) is 20.6. The molecule has 4 aromatic carbocycles. The smallest absolute Gasteiger partial charge is 0.311 e. The molecular formula is C33H41FN4O8. The van der Waals surface area contributed by atoms with Crippen LogP contribution < -0.4 is 30.4 Å². The van der Waals surface area contributed by atoms with Crippen molar-refractivity contribution in [1.29, 1.82) is 0 Å². The monoisotopic (exact) mass is 641 g/mol. The Kier molecular flexibility index (Phi) is 13.9. The number of halogens is 1. The Morgan fingerprint density at radius 1 is 0.609 bits per heavy atom. The van der Waals surface area contributed by atoms with Crippen LogP contribution in [0, 0.1) is 47.9 Å². The molecule has 0 aliphatic rings. The van der Waals surface area contributed by atoms with Gasteiger partial charge < -0.3 is 30.4 Å². The molecule has 0 amide bonds. The van der Waals surface area contributed by atoms with Crippen LogP contribution in [0.4, 0.5) is 27.1 Å². The highest BCUT2D eigenvalue weighted by atomic mass is 19.1. The molecule has 13 heteroatoms. The normalized spacial score (nSPS) is 10.2. The van der Waals surface area contributed by atoms with E-state index in [-0.39, 0.29) is 37.5 Å². The Balaban J connectivity index is 0.000000441. The lowest BCUT2D eigenvalue weighted by Gasteiger charge is -2.12. The summed E-state index contributed by atoms with van der Waals surface area (Å²) in [6.07, 6.45) is 0. The topological polar surface area (TPSA) is 175 Å². The number of nitro benzene ring substituents is 2. The van der Waals surface area contributed by atoms with Gasteiger partial charge in [0.2, 0.25) is 0 Å². The van der Waals surface area contributed by atoms with Crippen molar-refractivity contribution < 1.29 is 36.0 Å². The number of nitrogen functional groups attached to an aromatic ring is 2. The third kappa shape index (κ3) is 11.5. The first-order valence-electron chi connectivity index (χ1n) is 14.7. The number of nitrogens with two attached hydrogens (primary N) is 2. The molecule has 0 saturated heterocycles. The molecule has 0 aliphatic heterocycles. The summed E-state index contributed by atoms with van der Waals surface area (Å²) in [5.74, 6) is 1.64. The number of aryl methyl sites for hydroxylation is 4. The van der Waals surface area contributed by atoms with Crippen molar-refractivity contribution in [3.05, 3.63) is 115 Å².